The maximum Gasteiger partial charge on any atom is 0.503 e. The summed E-state index contributed by atoms with van der Waals surface area (Å²) in [6.45, 7) is 27.8. The van der Waals surface area contributed by atoms with E-state index >= 15 is 0 Å². The van der Waals surface area contributed by atoms with Crippen molar-refractivity contribution >= 4 is 63.8 Å². The van der Waals surface area contributed by atoms with Gasteiger partial charge in [-0.25, -0.2) is 4.98 Å². The summed E-state index contributed by atoms with van der Waals surface area (Å²) >= 11 is 0. The third kappa shape index (κ3) is 7.18. The van der Waals surface area contributed by atoms with Crippen molar-refractivity contribution < 1.29 is 4.74 Å². The molecule has 0 atom stereocenters. The Morgan fingerprint density at radius 3 is 1.89 bits per heavy atom. The van der Waals surface area contributed by atoms with Gasteiger partial charge in [-0.2, -0.15) is 0 Å². The molecule has 0 fully saturated rings. The molecule has 3 heterocycles. The van der Waals surface area contributed by atoms with Crippen LogP contribution in [0.5, 0.6) is 11.5 Å². The van der Waals surface area contributed by atoms with Gasteiger partial charge in [-0.1, -0.05) is 124 Å². The highest BCUT2D eigenvalue weighted by atomic mass is 28.3. The van der Waals surface area contributed by atoms with E-state index in [-0.39, 0.29) is 16.2 Å². The van der Waals surface area contributed by atoms with Crippen LogP contribution in [0, 0.1) is 0 Å². The summed E-state index contributed by atoms with van der Waals surface area (Å²) in [6.07, 6.45) is 1.92. The Hall–Kier alpha value is -5.55. The number of ether oxygens (including phenoxy) is 1. The number of para-hydroxylation sites is 2. The second kappa shape index (κ2) is 13.5. The van der Waals surface area contributed by atoms with Crippen LogP contribution >= 0.6 is 0 Å². The minimum absolute atomic E-state index is 0.000435. The van der Waals surface area contributed by atoms with E-state index in [0.717, 1.165) is 50.8 Å². The molecule has 2 aromatic heterocycles. The monoisotopic (exact) mass is 768 g/mol. The molecule has 0 unspecified atom stereocenters. The lowest BCUT2D eigenvalue weighted by Crippen LogP contribution is -2.39. The molecule has 0 aliphatic carbocycles. The SMILES string of the molecule is CC(C)(C)c1cc([N+]2=C=[N+](c3cccc(Oc4ccc5c6ccccc6n(-c6cc(C(C)(C)C)ccn6)c5c4)c3)c3cccc([Si](C)(C)C)c32)cc(C(C)(C)C)c1. The minimum Gasteiger partial charge on any atom is -0.457 e. The molecule has 0 saturated heterocycles. The van der Waals surface area contributed by atoms with Crippen LogP contribution in [0.3, 0.4) is 0 Å². The van der Waals surface area contributed by atoms with Gasteiger partial charge in [0.25, 0.3) is 11.4 Å². The van der Waals surface area contributed by atoms with Crippen LogP contribution in [0.25, 0.3) is 27.6 Å². The van der Waals surface area contributed by atoms with Crippen LogP contribution in [0.4, 0.5) is 22.7 Å². The average molecular weight is 769 g/mol. The molecule has 0 saturated carbocycles. The van der Waals surface area contributed by atoms with E-state index in [9.17, 15) is 0 Å². The zero-order chi connectivity index (χ0) is 40.7. The summed E-state index contributed by atoms with van der Waals surface area (Å²) in [5, 5.41) is 3.76. The number of aromatic nitrogens is 2. The molecule has 5 aromatic carbocycles. The van der Waals surface area contributed by atoms with Crippen molar-refractivity contribution in [2.75, 3.05) is 0 Å². The van der Waals surface area contributed by atoms with Crippen LogP contribution in [0.1, 0.15) is 79.0 Å². The summed E-state index contributed by atoms with van der Waals surface area (Å²) in [6, 6.07) is 45.4. The van der Waals surface area contributed by atoms with Gasteiger partial charge in [-0.3, -0.25) is 4.57 Å². The number of hydrogen-bond donors (Lipinski definition) is 0. The quantitative estimate of drug-likeness (QED) is 0.125. The van der Waals surface area contributed by atoms with E-state index < -0.39 is 8.07 Å². The summed E-state index contributed by atoms with van der Waals surface area (Å²) in [5.74, 6) is 2.42. The first kappa shape index (κ1) is 38.3. The van der Waals surface area contributed by atoms with Gasteiger partial charge < -0.3 is 4.74 Å². The fraction of sp³-hybridized carbons (Fsp3) is 0.294. The lowest BCUT2D eigenvalue weighted by molar-refractivity contribution is 0.483. The molecular formula is C51H56N4OSi+2. The Kier molecular flexibility index (Phi) is 9.10. The summed E-state index contributed by atoms with van der Waals surface area (Å²) in [4.78, 5) is 4.87. The van der Waals surface area contributed by atoms with Crippen LogP contribution in [-0.2, 0) is 16.2 Å². The summed E-state index contributed by atoms with van der Waals surface area (Å²) in [5.41, 5.74) is 10.5. The maximum atomic E-state index is 6.74. The van der Waals surface area contributed by atoms with Crippen molar-refractivity contribution in [3.63, 3.8) is 0 Å². The van der Waals surface area contributed by atoms with Crippen molar-refractivity contribution in [3.05, 3.63) is 138 Å². The largest absolute Gasteiger partial charge is 0.503 e. The molecule has 0 N–H and O–H groups in total. The van der Waals surface area contributed by atoms with Crippen molar-refractivity contribution in [2.24, 2.45) is 0 Å². The number of fused-ring (bicyclic) bond motifs is 4. The average Bonchev–Trinajstić information content (AvgIpc) is 3.70. The summed E-state index contributed by atoms with van der Waals surface area (Å²) < 4.78 is 13.5. The molecule has 8 rings (SSSR count). The van der Waals surface area contributed by atoms with Crippen LogP contribution in [-0.4, -0.2) is 23.6 Å². The Labute approximate surface area is 339 Å². The maximum absolute atomic E-state index is 6.74. The van der Waals surface area contributed by atoms with E-state index in [1.54, 1.807) is 0 Å². The van der Waals surface area contributed by atoms with Gasteiger partial charge in [0.05, 0.1) is 25.2 Å². The van der Waals surface area contributed by atoms with E-state index in [1.807, 2.05) is 12.3 Å². The first-order valence-electron chi connectivity index (χ1n) is 20.2. The van der Waals surface area contributed by atoms with Crippen molar-refractivity contribution in [2.45, 2.75) is 98.2 Å². The van der Waals surface area contributed by atoms with Crippen LogP contribution in [0.15, 0.2) is 121 Å². The Morgan fingerprint density at radius 2 is 1.21 bits per heavy atom. The van der Waals surface area contributed by atoms with Crippen molar-refractivity contribution in [1.82, 2.24) is 18.7 Å². The molecule has 7 aromatic rings. The lowest BCUT2D eigenvalue weighted by Gasteiger charge is -2.25. The molecule has 57 heavy (non-hydrogen) atoms. The molecule has 0 spiro atoms. The fourth-order valence-electron chi connectivity index (χ4n) is 7.84. The molecular weight excluding hydrogens is 713 g/mol. The number of rotatable bonds is 6. The third-order valence-corrected chi connectivity index (χ3v) is 13.2. The predicted molar refractivity (Wildman–Crippen MR) is 245 cm³/mol. The Bertz CT molecular complexity index is 2760. The minimum atomic E-state index is -1.77. The van der Waals surface area contributed by atoms with Gasteiger partial charge in [0.1, 0.15) is 17.3 Å². The van der Waals surface area contributed by atoms with Crippen molar-refractivity contribution in [1.29, 1.82) is 0 Å². The van der Waals surface area contributed by atoms with Crippen LogP contribution in [0.2, 0.25) is 19.6 Å². The zero-order valence-corrected chi connectivity index (χ0v) is 36.7. The van der Waals surface area contributed by atoms with Gasteiger partial charge >= 0.3 is 6.01 Å². The topological polar surface area (TPSA) is 33.1 Å². The normalized spacial score (nSPS) is 13.5. The number of benzene rings is 5. The molecule has 0 radical (unpaired) electrons. The second-order valence-electron chi connectivity index (χ2n) is 19.7. The fourth-order valence-corrected chi connectivity index (χ4v) is 9.38. The number of pyridine rings is 1. The van der Waals surface area contributed by atoms with Gasteiger partial charge in [-0.15, -0.1) is 0 Å². The zero-order valence-electron chi connectivity index (χ0n) is 35.7. The molecule has 1 aliphatic heterocycles. The van der Waals surface area contributed by atoms with Gasteiger partial charge in [0.2, 0.25) is 11.4 Å². The predicted octanol–water partition coefficient (Wildman–Crippen LogP) is 13.3. The Morgan fingerprint density at radius 1 is 0.561 bits per heavy atom. The smallest absolute Gasteiger partial charge is 0.457 e. The first-order chi connectivity index (χ1) is 26.8. The first-order valence-corrected chi connectivity index (χ1v) is 23.7. The van der Waals surface area contributed by atoms with Gasteiger partial charge in [-0.05, 0) is 78.5 Å². The standard InChI is InChI=1S/C51H56N4OSi/c1-49(2,3)34-25-26-52-47(30-34)55-43-20-14-13-19-41(43)42-24-23-40(32-45(42)55)56-39-18-15-17-37(31-39)53-33-54(48-44(53)21-16-22-46(48)57(10,11)12)38-28-35(50(4,5)6)27-36(29-38)51(7,8)9/h13-32H,1-12H3/q+2. The molecule has 288 valence electrons. The van der Waals surface area contributed by atoms with E-state index in [2.05, 4.69) is 211 Å². The second-order valence-corrected chi connectivity index (χ2v) is 24.8. The van der Waals surface area contributed by atoms with Crippen molar-refractivity contribution in [3.8, 4) is 17.3 Å². The molecule has 1 aliphatic rings. The lowest BCUT2D eigenvalue weighted by atomic mass is 9.80. The number of hydrogen-bond acceptors (Lipinski definition) is 2. The highest BCUT2D eigenvalue weighted by Gasteiger charge is 2.42. The summed E-state index contributed by atoms with van der Waals surface area (Å²) in [7, 11) is -1.77. The van der Waals surface area contributed by atoms with Gasteiger partial charge in [0, 0.05) is 52.5 Å². The Balaban J connectivity index is 1.26. The molecule has 6 heteroatoms. The molecule has 0 amide bonds. The van der Waals surface area contributed by atoms with E-state index in [0.29, 0.717) is 0 Å². The van der Waals surface area contributed by atoms with Crippen LogP contribution < -0.4 is 19.1 Å². The van der Waals surface area contributed by atoms with E-state index in [1.165, 1.54) is 33.0 Å². The highest BCUT2D eigenvalue weighted by molar-refractivity contribution is 6.89. The molecule has 0 bridgehead atoms. The molecule has 5 nitrogen and oxygen atoms in total. The van der Waals surface area contributed by atoms with E-state index in [4.69, 9.17) is 9.72 Å². The third-order valence-electron chi connectivity index (χ3n) is 11.2. The number of nitrogens with zero attached hydrogens (tertiary/aromatic N) is 4. The van der Waals surface area contributed by atoms with Gasteiger partial charge in [0.15, 0.2) is 0 Å². The highest BCUT2D eigenvalue weighted by Crippen LogP contribution is 2.41.